The lowest BCUT2D eigenvalue weighted by Crippen LogP contribution is -2.10. The van der Waals surface area contributed by atoms with Gasteiger partial charge in [-0.1, -0.05) is 12.1 Å². The first-order valence-electron chi connectivity index (χ1n) is 6.98. The molecule has 0 atom stereocenters. The topological polar surface area (TPSA) is 73.4 Å². The Balaban J connectivity index is 2.28. The number of aromatic amines is 1. The fourth-order valence-corrected chi connectivity index (χ4v) is 2.50. The van der Waals surface area contributed by atoms with Crippen LogP contribution in [0.25, 0.3) is 22.3 Å². The van der Waals surface area contributed by atoms with Gasteiger partial charge in [0.15, 0.2) is 11.5 Å². The van der Waals surface area contributed by atoms with Crippen LogP contribution in [0.15, 0.2) is 41.2 Å². The summed E-state index contributed by atoms with van der Waals surface area (Å²) in [6, 6.07) is 10.7. The van der Waals surface area contributed by atoms with Crippen LogP contribution in [-0.4, -0.2) is 31.3 Å². The molecule has 6 heteroatoms. The summed E-state index contributed by atoms with van der Waals surface area (Å²) in [7, 11) is 4.60. The maximum absolute atomic E-state index is 12.3. The summed E-state index contributed by atoms with van der Waals surface area (Å²) in [6.45, 7) is 0. The van der Waals surface area contributed by atoms with E-state index in [1.165, 1.54) is 14.2 Å². The highest BCUT2D eigenvalue weighted by Crippen LogP contribution is 2.43. The summed E-state index contributed by atoms with van der Waals surface area (Å²) >= 11 is 0. The van der Waals surface area contributed by atoms with Crippen LogP contribution in [0.2, 0.25) is 0 Å². The van der Waals surface area contributed by atoms with E-state index >= 15 is 0 Å². The van der Waals surface area contributed by atoms with E-state index in [9.17, 15) is 4.79 Å². The van der Waals surface area contributed by atoms with Crippen LogP contribution in [0, 0.1) is 0 Å². The number of rotatable bonds is 4. The van der Waals surface area contributed by atoms with Gasteiger partial charge in [0.05, 0.1) is 37.8 Å². The third-order valence-corrected chi connectivity index (χ3v) is 3.57. The molecule has 0 amide bonds. The van der Waals surface area contributed by atoms with E-state index in [-0.39, 0.29) is 5.56 Å². The van der Waals surface area contributed by atoms with Crippen LogP contribution in [-0.2, 0) is 0 Å². The van der Waals surface area contributed by atoms with E-state index in [1.807, 2.05) is 6.07 Å². The van der Waals surface area contributed by atoms with Gasteiger partial charge in [-0.15, -0.1) is 0 Å². The lowest BCUT2D eigenvalue weighted by Gasteiger charge is -2.15. The Labute approximate surface area is 132 Å². The average molecular weight is 312 g/mol. The van der Waals surface area contributed by atoms with Crippen molar-refractivity contribution in [2.75, 3.05) is 21.3 Å². The lowest BCUT2D eigenvalue weighted by atomic mass is 10.1. The Morgan fingerprint density at radius 3 is 2.35 bits per heavy atom. The van der Waals surface area contributed by atoms with Gasteiger partial charge in [0.2, 0.25) is 5.75 Å². The molecule has 2 aromatic carbocycles. The predicted molar refractivity (Wildman–Crippen MR) is 87.5 cm³/mol. The predicted octanol–water partition coefficient (Wildman–Crippen LogP) is 2.62. The molecule has 0 spiro atoms. The highest BCUT2D eigenvalue weighted by molar-refractivity contribution is 5.81. The molecule has 1 heterocycles. The minimum absolute atomic E-state index is 0.206. The number of fused-ring (bicyclic) bond motifs is 1. The standard InChI is InChI=1S/C17H16N2O4/c1-21-13-9-8-11(14(22-2)15(13)23-3)16-18-12-7-5-4-6-10(12)17(20)19-16/h4-9H,1-3H3,(H,18,19,20). The summed E-state index contributed by atoms with van der Waals surface area (Å²) in [5.41, 5.74) is 1.03. The highest BCUT2D eigenvalue weighted by Gasteiger charge is 2.19. The molecule has 0 bridgehead atoms. The quantitative estimate of drug-likeness (QED) is 0.801. The van der Waals surface area contributed by atoms with Gasteiger partial charge >= 0.3 is 0 Å². The Morgan fingerprint density at radius 2 is 1.65 bits per heavy atom. The zero-order valence-corrected chi connectivity index (χ0v) is 13.0. The number of nitrogens with zero attached hydrogens (tertiary/aromatic N) is 1. The number of aromatic nitrogens is 2. The van der Waals surface area contributed by atoms with Crippen molar-refractivity contribution in [1.82, 2.24) is 9.97 Å². The smallest absolute Gasteiger partial charge is 0.259 e. The largest absolute Gasteiger partial charge is 0.493 e. The molecule has 0 aliphatic rings. The molecule has 23 heavy (non-hydrogen) atoms. The fourth-order valence-electron chi connectivity index (χ4n) is 2.50. The number of benzene rings is 2. The molecule has 118 valence electrons. The second kappa shape index (κ2) is 6.00. The molecule has 0 saturated carbocycles. The zero-order chi connectivity index (χ0) is 16.4. The van der Waals surface area contributed by atoms with Crippen LogP contribution in [0.3, 0.4) is 0 Å². The molecule has 0 aliphatic heterocycles. The third-order valence-electron chi connectivity index (χ3n) is 3.57. The number of hydrogen-bond donors (Lipinski definition) is 1. The molecule has 3 rings (SSSR count). The zero-order valence-electron chi connectivity index (χ0n) is 13.0. The molecule has 0 aliphatic carbocycles. The monoisotopic (exact) mass is 312 g/mol. The van der Waals surface area contributed by atoms with Gasteiger partial charge in [-0.25, -0.2) is 4.98 Å². The van der Waals surface area contributed by atoms with Gasteiger partial charge in [0.1, 0.15) is 5.82 Å². The average Bonchev–Trinajstić information content (AvgIpc) is 2.60. The second-order valence-electron chi connectivity index (χ2n) is 4.81. The lowest BCUT2D eigenvalue weighted by molar-refractivity contribution is 0.325. The number of ether oxygens (including phenoxy) is 3. The van der Waals surface area contributed by atoms with Crippen molar-refractivity contribution in [3.63, 3.8) is 0 Å². The normalized spacial score (nSPS) is 10.6. The van der Waals surface area contributed by atoms with Gasteiger partial charge in [0, 0.05) is 0 Å². The number of H-pyrrole nitrogens is 1. The molecule has 0 fully saturated rings. The van der Waals surface area contributed by atoms with E-state index in [0.29, 0.717) is 39.5 Å². The van der Waals surface area contributed by atoms with Gasteiger partial charge in [-0.3, -0.25) is 4.79 Å². The van der Waals surface area contributed by atoms with E-state index in [1.54, 1.807) is 37.4 Å². The molecule has 1 aromatic heterocycles. The van der Waals surface area contributed by atoms with Gasteiger partial charge in [0.25, 0.3) is 5.56 Å². The Kier molecular flexibility index (Phi) is 3.89. The summed E-state index contributed by atoms with van der Waals surface area (Å²) in [6.07, 6.45) is 0. The molecule has 0 saturated heterocycles. The number of nitrogens with one attached hydrogen (secondary N) is 1. The van der Waals surface area contributed by atoms with Crippen molar-refractivity contribution < 1.29 is 14.2 Å². The molecule has 3 aromatic rings. The molecule has 1 N–H and O–H groups in total. The van der Waals surface area contributed by atoms with Crippen LogP contribution in [0.4, 0.5) is 0 Å². The van der Waals surface area contributed by atoms with E-state index in [2.05, 4.69) is 9.97 Å². The minimum Gasteiger partial charge on any atom is -0.493 e. The minimum atomic E-state index is -0.206. The van der Waals surface area contributed by atoms with Crippen molar-refractivity contribution in [1.29, 1.82) is 0 Å². The van der Waals surface area contributed by atoms with Gasteiger partial charge < -0.3 is 19.2 Å². The Morgan fingerprint density at radius 1 is 0.913 bits per heavy atom. The highest BCUT2D eigenvalue weighted by atomic mass is 16.5. The first kappa shape index (κ1) is 14.9. The Bertz CT molecular complexity index is 918. The molecular formula is C17H16N2O4. The Hall–Kier alpha value is -3.02. The molecule has 0 unspecified atom stereocenters. The van der Waals surface area contributed by atoms with Crippen LogP contribution in [0.5, 0.6) is 17.2 Å². The van der Waals surface area contributed by atoms with Crippen LogP contribution < -0.4 is 19.8 Å². The first-order valence-corrected chi connectivity index (χ1v) is 6.98. The molecule has 0 radical (unpaired) electrons. The van der Waals surface area contributed by atoms with Crippen molar-refractivity contribution in [3.8, 4) is 28.6 Å². The van der Waals surface area contributed by atoms with Crippen LogP contribution >= 0.6 is 0 Å². The van der Waals surface area contributed by atoms with Crippen LogP contribution in [0.1, 0.15) is 0 Å². The molecule has 6 nitrogen and oxygen atoms in total. The van der Waals surface area contributed by atoms with E-state index < -0.39 is 0 Å². The maximum atomic E-state index is 12.3. The van der Waals surface area contributed by atoms with Gasteiger partial charge in [-0.05, 0) is 24.3 Å². The summed E-state index contributed by atoms with van der Waals surface area (Å²) in [4.78, 5) is 19.6. The summed E-state index contributed by atoms with van der Waals surface area (Å²) in [5.74, 6) is 1.84. The van der Waals surface area contributed by atoms with E-state index in [4.69, 9.17) is 14.2 Å². The first-order chi connectivity index (χ1) is 11.2. The van der Waals surface area contributed by atoms with Crippen molar-refractivity contribution in [2.45, 2.75) is 0 Å². The maximum Gasteiger partial charge on any atom is 0.259 e. The second-order valence-corrected chi connectivity index (χ2v) is 4.81. The number of methoxy groups -OCH3 is 3. The third kappa shape index (κ3) is 2.48. The fraction of sp³-hybridized carbons (Fsp3) is 0.176. The number of hydrogen-bond acceptors (Lipinski definition) is 5. The van der Waals surface area contributed by atoms with Gasteiger partial charge in [-0.2, -0.15) is 0 Å². The van der Waals surface area contributed by atoms with E-state index in [0.717, 1.165) is 0 Å². The molecular weight excluding hydrogens is 296 g/mol. The van der Waals surface area contributed by atoms with Crippen molar-refractivity contribution in [3.05, 3.63) is 46.8 Å². The van der Waals surface area contributed by atoms with Crippen molar-refractivity contribution >= 4 is 10.9 Å². The SMILES string of the molecule is COc1ccc(-c2nc3ccccc3c(=O)[nH]2)c(OC)c1OC. The number of para-hydroxylation sites is 1. The summed E-state index contributed by atoms with van der Waals surface area (Å²) < 4.78 is 16.1. The van der Waals surface area contributed by atoms with Crippen molar-refractivity contribution in [2.24, 2.45) is 0 Å². The summed E-state index contributed by atoms with van der Waals surface area (Å²) in [5, 5.41) is 0.538.